The van der Waals surface area contributed by atoms with Gasteiger partial charge in [-0.3, -0.25) is 14.4 Å². The highest BCUT2D eigenvalue weighted by Crippen LogP contribution is 2.27. The molecule has 1 aliphatic rings. The molecule has 2 amide bonds. The lowest BCUT2D eigenvalue weighted by Crippen LogP contribution is -2.49. The molecule has 2 heterocycles. The van der Waals surface area contributed by atoms with E-state index in [2.05, 4.69) is 43.0 Å². The third-order valence-corrected chi connectivity index (χ3v) is 9.84. The Bertz CT molecular complexity index is 1680. The molecule has 1 aliphatic heterocycles. The van der Waals surface area contributed by atoms with E-state index in [0.717, 1.165) is 73.4 Å². The molecule has 276 valence electrons. The number of amides is 2. The van der Waals surface area contributed by atoms with Crippen LogP contribution in [0.5, 0.6) is 5.75 Å². The van der Waals surface area contributed by atoms with Gasteiger partial charge in [0, 0.05) is 48.6 Å². The summed E-state index contributed by atoms with van der Waals surface area (Å²) in [7, 11) is 0. The standard InChI is InChI=1S/C42H52N4O3.CH2O2/c1-5-7-8-9-12-27-49-37-23-19-32(20-24-37)35-29-43-39(44-30-35)33-15-13-31(14-16-33)28-38(41(48)46-25-10-11-26-46)45-40(47)34-17-21-36(22-18-34)42(3,4)6-2;2-1-3/h13-24,29-30,38H,5-12,25-28H2,1-4H3,(H,45,47);1H,(H,2,3). The minimum Gasteiger partial charge on any atom is -0.494 e. The Balaban J connectivity index is 0.00000195. The molecule has 0 bridgehead atoms. The van der Waals surface area contributed by atoms with E-state index in [-0.39, 0.29) is 23.7 Å². The van der Waals surface area contributed by atoms with Crippen LogP contribution < -0.4 is 10.1 Å². The summed E-state index contributed by atoms with van der Waals surface area (Å²) in [6.45, 7) is 10.8. The molecule has 5 rings (SSSR count). The Hall–Kier alpha value is -5.05. The number of benzene rings is 3. The summed E-state index contributed by atoms with van der Waals surface area (Å²) < 4.78 is 5.91. The molecule has 1 atom stereocenters. The minimum absolute atomic E-state index is 0.0282. The van der Waals surface area contributed by atoms with Gasteiger partial charge in [0.05, 0.1) is 6.61 Å². The number of rotatable bonds is 16. The highest BCUT2D eigenvalue weighted by molar-refractivity contribution is 5.97. The maximum atomic E-state index is 13.6. The number of likely N-dealkylation sites (tertiary alicyclic amines) is 1. The average molecular weight is 707 g/mol. The summed E-state index contributed by atoms with van der Waals surface area (Å²) in [6.07, 6.45) is 13.2. The summed E-state index contributed by atoms with van der Waals surface area (Å²) in [5.41, 5.74) is 5.61. The molecule has 2 N–H and O–H groups in total. The van der Waals surface area contributed by atoms with Gasteiger partial charge in [0.2, 0.25) is 5.91 Å². The number of hydrogen-bond donors (Lipinski definition) is 2. The summed E-state index contributed by atoms with van der Waals surface area (Å²) >= 11 is 0. The second kappa shape index (κ2) is 20.1. The third-order valence-electron chi connectivity index (χ3n) is 9.84. The number of hydrogen-bond acceptors (Lipinski definition) is 6. The van der Waals surface area contributed by atoms with Gasteiger partial charge < -0.3 is 20.1 Å². The van der Waals surface area contributed by atoms with Gasteiger partial charge in [-0.05, 0) is 72.1 Å². The molecule has 9 heteroatoms. The Morgan fingerprint density at radius 1 is 0.846 bits per heavy atom. The van der Waals surface area contributed by atoms with E-state index in [9.17, 15) is 9.59 Å². The first-order valence-corrected chi connectivity index (χ1v) is 18.6. The second-order valence-corrected chi connectivity index (χ2v) is 14.0. The van der Waals surface area contributed by atoms with E-state index in [0.29, 0.717) is 17.8 Å². The molecule has 9 nitrogen and oxygen atoms in total. The van der Waals surface area contributed by atoms with Gasteiger partial charge in [0.25, 0.3) is 12.4 Å². The fourth-order valence-corrected chi connectivity index (χ4v) is 6.17. The topological polar surface area (TPSA) is 122 Å². The van der Waals surface area contributed by atoms with Crippen molar-refractivity contribution in [1.82, 2.24) is 20.2 Å². The van der Waals surface area contributed by atoms with Crippen molar-refractivity contribution in [2.24, 2.45) is 0 Å². The van der Waals surface area contributed by atoms with Crippen LogP contribution in [0.15, 0.2) is 85.2 Å². The van der Waals surface area contributed by atoms with Gasteiger partial charge in [0.1, 0.15) is 11.8 Å². The molecular weight excluding hydrogens is 652 g/mol. The molecule has 0 saturated carbocycles. The maximum absolute atomic E-state index is 13.6. The molecule has 1 unspecified atom stereocenters. The largest absolute Gasteiger partial charge is 0.494 e. The highest BCUT2D eigenvalue weighted by Gasteiger charge is 2.28. The molecule has 1 fully saturated rings. The predicted molar refractivity (Wildman–Crippen MR) is 206 cm³/mol. The van der Waals surface area contributed by atoms with Gasteiger partial charge in [-0.2, -0.15) is 0 Å². The number of ether oxygens (including phenoxy) is 1. The summed E-state index contributed by atoms with van der Waals surface area (Å²) in [4.78, 5) is 46.5. The van der Waals surface area contributed by atoms with Crippen LogP contribution in [0.4, 0.5) is 0 Å². The Morgan fingerprint density at radius 2 is 1.44 bits per heavy atom. The van der Waals surface area contributed by atoms with Crippen LogP contribution in [0.3, 0.4) is 0 Å². The Kier molecular flexibility index (Phi) is 15.4. The summed E-state index contributed by atoms with van der Waals surface area (Å²) in [5, 5.41) is 9.95. The van der Waals surface area contributed by atoms with E-state index < -0.39 is 6.04 Å². The van der Waals surface area contributed by atoms with Crippen LogP contribution in [-0.4, -0.2) is 64.0 Å². The number of unbranched alkanes of at least 4 members (excludes halogenated alkanes) is 4. The number of carbonyl (C=O) groups is 3. The Morgan fingerprint density at radius 3 is 2.04 bits per heavy atom. The fourth-order valence-electron chi connectivity index (χ4n) is 6.17. The van der Waals surface area contributed by atoms with Gasteiger partial charge in [-0.15, -0.1) is 0 Å². The number of aromatic nitrogens is 2. The summed E-state index contributed by atoms with van der Waals surface area (Å²) in [5.74, 6) is 1.25. The first kappa shape index (κ1) is 39.7. The average Bonchev–Trinajstić information content (AvgIpc) is 3.72. The first-order valence-electron chi connectivity index (χ1n) is 18.6. The highest BCUT2D eigenvalue weighted by atomic mass is 16.5. The van der Waals surface area contributed by atoms with E-state index in [1.807, 2.05) is 90.1 Å². The van der Waals surface area contributed by atoms with Crippen molar-refractivity contribution >= 4 is 18.3 Å². The van der Waals surface area contributed by atoms with Crippen molar-refractivity contribution in [3.63, 3.8) is 0 Å². The van der Waals surface area contributed by atoms with Crippen molar-refractivity contribution < 1.29 is 24.2 Å². The molecule has 0 radical (unpaired) electrons. The lowest BCUT2D eigenvalue weighted by Gasteiger charge is -2.25. The van der Waals surface area contributed by atoms with Crippen LogP contribution >= 0.6 is 0 Å². The number of carboxylic acid groups (broad SMARTS) is 1. The van der Waals surface area contributed by atoms with Crippen LogP contribution in [0.1, 0.15) is 101 Å². The molecule has 0 aliphatic carbocycles. The quantitative estimate of drug-likeness (QED) is 0.0885. The van der Waals surface area contributed by atoms with Gasteiger partial charge >= 0.3 is 0 Å². The molecular formula is C43H54N4O5. The normalized spacial score (nSPS) is 13.1. The zero-order valence-corrected chi connectivity index (χ0v) is 31.1. The first-order chi connectivity index (χ1) is 25.2. The predicted octanol–water partition coefficient (Wildman–Crippen LogP) is 8.51. The lowest BCUT2D eigenvalue weighted by atomic mass is 9.82. The smallest absolute Gasteiger partial charge is 0.290 e. The second-order valence-electron chi connectivity index (χ2n) is 14.0. The van der Waals surface area contributed by atoms with Crippen LogP contribution in [-0.2, 0) is 21.4 Å². The van der Waals surface area contributed by atoms with Crippen LogP contribution in [0.25, 0.3) is 22.5 Å². The molecule has 1 aromatic heterocycles. The van der Waals surface area contributed by atoms with E-state index >= 15 is 0 Å². The minimum atomic E-state index is -0.652. The van der Waals surface area contributed by atoms with E-state index in [4.69, 9.17) is 14.6 Å². The molecule has 52 heavy (non-hydrogen) atoms. The molecule has 0 spiro atoms. The molecule has 4 aromatic rings. The lowest BCUT2D eigenvalue weighted by molar-refractivity contribution is -0.132. The Labute approximate surface area is 308 Å². The van der Waals surface area contributed by atoms with Crippen molar-refractivity contribution in [3.8, 4) is 28.3 Å². The van der Waals surface area contributed by atoms with Gasteiger partial charge in [0.15, 0.2) is 5.82 Å². The fraction of sp³-hybridized carbons (Fsp3) is 0.419. The van der Waals surface area contributed by atoms with Crippen LogP contribution in [0, 0.1) is 0 Å². The summed E-state index contributed by atoms with van der Waals surface area (Å²) in [6, 6.07) is 23.1. The van der Waals surface area contributed by atoms with Crippen molar-refractivity contribution in [2.45, 2.75) is 96.9 Å². The van der Waals surface area contributed by atoms with Crippen molar-refractivity contribution in [2.75, 3.05) is 19.7 Å². The van der Waals surface area contributed by atoms with E-state index in [1.165, 1.54) is 31.2 Å². The van der Waals surface area contributed by atoms with Gasteiger partial charge in [-0.1, -0.05) is 102 Å². The van der Waals surface area contributed by atoms with Crippen LogP contribution in [0.2, 0.25) is 0 Å². The van der Waals surface area contributed by atoms with Crippen molar-refractivity contribution in [3.05, 3.63) is 102 Å². The monoisotopic (exact) mass is 706 g/mol. The zero-order chi connectivity index (χ0) is 37.3. The maximum Gasteiger partial charge on any atom is 0.290 e. The van der Waals surface area contributed by atoms with Gasteiger partial charge in [-0.25, -0.2) is 9.97 Å². The molecule has 1 saturated heterocycles. The molecule has 3 aromatic carbocycles. The number of nitrogens with zero attached hydrogens (tertiary/aromatic N) is 3. The zero-order valence-electron chi connectivity index (χ0n) is 31.1. The number of carbonyl (C=O) groups excluding carboxylic acids is 2. The number of nitrogens with one attached hydrogen (secondary N) is 1. The SMILES string of the molecule is CCCCCCCOc1ccc(-c2cnc(-c3ccc(CC(NC(=O)c4ccc(C(C)(C)CC)cc4)C(=O)N4CCCC4)cc3)nc2)cc1.O=CO. The van der Waals surface area contributed by atoms with E-state index in [1.54, 1.807) is 0 Å². The van der Waals surface area contributed by atoms with Crippen molar-refractivity contribution in [1.29, 1.82) is 0 Å². The third kappa shape index (κ3) is 11.5.